The molecule has 1 heterocycles. The highest BCUT2D eigenvalue weighted by Gasteiger charge is 2.10. The maximum atomic E-state index is 14.0. The number of aryl methyl sites for hydroxylation is 1. The Balaban J connectivity index is 0.00000177. The summed E-state index contributed by atoms with van der Waals surface area (Å²) in [7, 11) is 0. The van der Waals surface area contributed by atoms with Crippen LogP contribution in [0.15, 0.2) is 68.0 Å². The molecular weight excluding hydrogens is 413 g/mol. The van der Waals surface area contributed by atoms with E-state index in [1.807, 2.05) is 32.9 Å². The number of hydrogen-bond acceptors (Lipinski definition) is 5. The molecule has 1 unspecified atom stereocenters. The van der Waals surface area contributed by atoms with Crippen LogP contribution in [0.3, 0.4) is 0 Å². The lowest BCUT2D eigenvalue weighted by molar-refractivity contribution is 0.620. The highest BCUT2D eigenvalue weighted by molar-refractivity contribution is 5.73. The average Bonchev–Trinajstić information content (AvgIpc) is 2.81. The fourth-order valence-corrected chi connectivity index (χ4v) is 3.32. The maximum absolute atomic E-state index is 14.0. The van der Waals surface area contributed by atoms with Crippen LogP contribution in [0.5, 0.6) is 0 Å². The molecule has 0 aliphatic heterocycles. The molecule has 0 bridgehead atoms. The van der Waals surface area contributed by atoms with Crippen LogP contribution in [0.2, 0.25) is 0 Å². The van der Waals surface area contributed by atoms with Crippen LogP contribution in [-0.4, -0.2) is 29.1 Å². The number of rotatable bonds is 10. The Labute approximate surface area is 198 Å². The Bertz CT molecular complexity index is 944. The van der Waals surface area contributed by atoms with Crippen LogP contribution in [-0.2, 0) is 0 Å². The summed E-state index contributed by atoms with van der Waals surface area (Å²) in [5.74, 6) is 0.338. The number of hydrogen-bond donors (Lipinski definition) is 3. The molecule has 3 N–H and O–H groups in total. The molecule has 0 spiro atoms. The molecular formula is C27H38FN5. The molecule has 1 aliphatic rings. The van der Waals surface area contributed by atoms with Crippen molar-refractivity contribution in [3.63, 3.8) is 0 Å². The van der Waals surface area contributed by atoms with Crippen LogP contribution >= 0.6 is 0 Å². The van der Waals surface area contributed by atoms with Crippen molar-refractivity contribution in [2.24, 2.45) is 0 Å². The molecule has 0 saturated carbocycles. The van der Waals surface area contributed by atoms with Gasteiger partial charge in [-0.2, -0.15) is 0 Å². The lowest BCUT2D eigenvalue weighted by Crippen LogP contribution is -2.22. The van der Waals surface area contributed by atoms with E-state index < -0.39 is 0 Å². The van der Waals surface area contributed by atoms with Crippen LogP contribution in [0, 0.1) is 12.7 Å². The van der Waals surface area contributed by atoms with Gasteiger partial charge in [-0.1, -0.05) is 64.8 Å². The monoisotopic (exact) mass is 451 g/mol. The van der Waals surface area contributed by atoms with Crippen molar-refractivity contribution in [1.82, 2.24) is 20.6 Å². The summed E-state index contributed by atoms with van der Waals surface area (Å²) in [6.07, 6.45) is 11.5. The van der Waals surface area contributed by atoms with Crippen molar-refractivity contribution in [2.75, 3.05) is 18.4 Å². The first-order valence-corrected chi connectivity index (χ1v) is 11.1. The number of allylic oxidation sites excluding steroid dienone is 2. The largest absolute Gasteiger partial charge is 0.385 e. The molecule has 1 aromatic carbocycles. The van der Waals surface area contributed by atoms with E-state index in [1.54, 1.807) is 18.5 Å². The summed E-state index contributed by atoms with van der Waals surface area (Å²) in [5, 5.41) is 9.63. The predicted octanol–water partition coefficient (Wildman–Crippen LogP) is 6.09. The molecule has 3 rings (SSSR count). The van der Waals surface area contributed by atoms with Gasteiger partial charge >= 0.3 is 0 Å². The summed E-state index contributed by atoms with van der Waals surface area (Å²) in [6.45, 7) is 14.9. The van der Waals surface area contributed by atoms with Crippen LogP contribution in [0.1, 0.15) is 50.9 Å². The third kappa shape index (κ3) is 8.22. The quantitative estimate of drug-likeness (QED) is 0.381. The van der Waals surface area contributed by atoms with Gasteiger partial charge in [0, 0.05) is 36.6 Å². The minimum absolute atomic E-state index is 0. The number of halogens is 1. The first kappa shape index (κ1) is 27.6. The van der Waals surface area contributed by atoms with Gasteiger partial charge in [0.25, 0.3) is 0 Å². The second kappa shape index (κ2) is 14.6. The first-order chi connectivity index (χ1) is 15.6. The molecule has 2 aromatic rings. The Morgan fingerprint density at radius 2 is 2.03 bits per heavy atom. The van der Waals surface area contributed by atoms with E-state index in [0.717, 1.165) is 29.7 Å². The molecule has 6 heteroatoms. The van der Waals surface area contributed by atoms with E-state index in [4.69, 9.17) is 0 Å². The molecule has 0 saturated heterocycles. The van der Waals surface area contributed by atoms with E-state index in [9.17, 15) is 4.39 Å². The third-order valence-electron chi connectivity index (χ3n) is 4.88. The number of nitrogens with zero attached hydrogens (tertiary/aromatic N) is 2. The highest BCUT2D eigenvalue weighted by atomic mass is 19.1. The third-order valence-corrected chi connectivity index (χ3v) is 4.88. The molecule has 0 radical (unpaired) electrons. The number of aromatic nitrogens is 2. The highest BCUT2D eigenvalue weighted by Crippen LogP contribution is 2.21. The summed E-state index contributed by atoms with van der Waals surface area (Å²) < 4.78 is 14.0. The number of nitrogens with one attached hydrogen (secondary N) is 3. The van der Waals surface area contributed by atoms with Crippen molar-refractivity contribution in [2.45, 2.75) is 47.1 Å². The molecule has 5 nitrogen and oxygen atoms in total. The smallest absolute Gasteiger partial charge is 0.223 e. The van der Waals surface area contributed by atoms with E-state index in [-0.39, 0.29) is 19.3 Å². The Hall–Kier alpha value is -3.41. The van der Waals surface area contributed by atoms with Gasteiger partial charge in [0.15, 0.2) is 0 Å². The van der Waals surface area contributed by atoms with Gasteiger partial charge in [-0.15, -0.1) is 0 Å². The Morgan fingerprint density at radius 1 is 1.24 bits per heavy atom. The van der Waals surface area contributed by atoms with Gasteiger partial charge in [-0.25, -0.2) is 14.4 Å². The summed E-state index contributed by atoms with van der Waals surface area (Å²) in [5.41, 5.74) is 3.99. The first-order valence-electron chi connectivity index (χ1n) is 11.1. The average molecular weight is 452 g/mol. The zero-order valence-corrected chi connectivity index (χ0v) is 19.3. The van der Waals surface area contributed by atoms with Crippen LogP contribution < -0.4 is 16.0 Å². The van der Waals surface area contributed by atoms with E-state index in [2.05, 4.69) is 57.3 Å². The van der Waals surface area contributed by atoms with Crippen molar-refractivity contribution in [1.29, 1.82) is 0 Å². The van der Waals surface area contributed by atoms with E-state index in [0.29, 0.717) is 30.3 Å². The van der Waals surface area contributed by atoms with Crippen molar-refractivity contribution >= 4 is 17.2 Å². The predicted molar refractivity (Wildman–Crippen MR) is 140 cm³/mol. The molecule has 1 atom stereocenters. The fraction of sp³-hybridized carbons (Fsp3) is 0.333. The van der Waals surface area contributed by atoms with Crippen molar-refractivity contribution < 1.29 is 4.39 Å². The normalized spacial score (nSPS) is 14.1. The maximum Gasteiger partial charge on any atom is 0.223 e. The molecule has 1 aliphatic carbocycles. The second-order valence-electron chi connectivity index (χ2n) is 7.11. The summed E-state index contributed by atoms with van der Waals surface area (Å²) in [6, 6.07) is 7.22. The van der Waals surface area contributed by atoms with Crippen LogP contribution in [0.25, 0.3) is 11.3 Å². The molecule has 1 aromatic heterocycles. The topological polar surface area (TPSA) is 61.9 Å². The van der Waals surface area contributed by atoms with Gasteiger partial charge in [-0.3, -0.25) is 0 Å². The van der Waals surface area contributed by atoms with Gasteiger partial charge in [0.05, 0.1) is 5.69 Å². The SMILES string of the molecule is C.C=CNC1C=CC(c2ccnc(NCCCNC(=C)c3c(C)cccc3F)n2)=CC1.CC. The zero-order chi connectivity index (χ0) is 23.3. The number of benzene rings is 1. The fourth-order valence-electron chi connectivity index (χ4n) is 3.32. The second-order valence-corrected chi connectivity index (χ2v) is 7.11. The zero-order valence-electron chi connectivity index (χ0n) is 19.3. The lowest BCUT2D eigenvalue weighted by atomic mass is 10.0. The van der Waals surface area contributed by atoms with Crippen molar-refractivity contribution in [3.8, 4) is 0 Å². The molecule has 33 heavy (non-hydrogen) atoms. The minimum atomic E-state index is -0.256. The van der Waals surface area contributed by atoms with E-state index >= 15 is 0 Å². The lowest BCUT2D eigenvalue weighted by Gasteiger charge is -2.16. The van der Waals surface area contributed by atoms with Gasteiger partial charge in [0.2, 0.25) is 5.95 Å². The van der Waals surface area contributed by atoms with Gasteiger partial charge in [0.1, 0.15) is 5.82 Å². The van der Waals surface area contributed by atoms with Gasteiger partial charge < -0.3 is 16.0 Å². The van der Waals surface area contributed by atoms with Crippen LogP contribution in [0.4, 0.5) is 10.3 Å². The summed E-state index contributed by atoms with van der Waals surface area (Å²) >= 11 is 0. The molecule has 0 fully saturated rings. The Kier molecular flexibility index (Phi) is 12.2. The standard InChI is InChI=1S/C24H28FN5.C2H6.CH4/c1-4-26-20-11-9-19(10-12-20)22-13-16-29-24(30-22)28-15-6-14-27-18(3)23-17(2)7-5-8-21(23)25;1-2;/h4-5,7-11,13,16,20,26-27H,1,3,6,12,14-15H2,2H3,(H,28,29,30);1-2H3;1H4. The summed E-state index contributed by atoms with van der Waals surface area (Å²) in [4.78, 5) is 8.90. The number of anilines is 1. The Morgan fingerprint density at radius 3 is 2.70 bits per heavy atom. The van der Waals surface area contributed by atoms with Crippen molar-refractivity contribution in [3.05, 3.63) is 90.7 Å². The van der Waals surface area contributed by atoms with Gasteiger partial charge in [-0.05, 0) is 49.2 Å². The molecule has 0 amide bonds. The minimum Gasteiger partial charge on any atom is -0.385 e. The molecule has 178 valence electrons. The van der Waals surface area contributed by atoms with E-state index in [1.165, 1.54) is 6.07 Å².